The molecular formula is C12H14N2. The maximum absolute atomic E-state index is 4.49. The highest BCUT2D eigenvalue weighted by Gasteiger charge is 2.29. The average molecular weight is 186 g/mol. The largest absolute Gasteiger partial charge is 0.258 e. The Balaban J connectivity index is 2.44. The van der Waals surface area contributed by atoms with Crippen molar-refractivity contribution in [3.05, 3.63) is 35.9 Å². The van der Waals surface area contributed by atoms with E-state index in [2.05, 4.69) is 36.0 Å². The molecule has 0 saturated carbocycles. The molecule has 2 rings (SSSR count). The summed E-state index contributed by atoms with van der Waals surface area (Å²) in [6.45, 7) is 6.13. The molecule has 0 radical (unpaired) electrons. The fourth-order valence-electron chi connectivity index (χ4n) is 1.79. The zero-order chi connectivity index (χ0) is 10.2. The fraction of sp³-hybridized carbons (Fsp3) is 0.333. The lowest BCUT2D eigenvalue weighted by molar-refractivity contribution is 0.717. The Bertz CT molecular complexity index is 400. The molecule has 0 aliphatic carbocycles. The summed E-state index contributed by atoms with van der Waals surface area (Å²) in [6, 6.07) is 10.2. The van der Waals surface area contributed by atoms with Gasteiger partial charge >= 0.3 is 0 Å². The Labute approximate surface area is 84.4 Å². The van der Waals surface area contributed by atoms with Crippen LogP contribution in [0.25, 0.3) is 0 Å². The van der Waals surface area contributed by atoms with Gasteiger partial charge in [-0.25, -0.2) is 4.99 Å². The third-order valence-corrected chi connectivity index (χ3v) is 2.34. The van der Waals surface area contributed by atoms with Crippen molar-refractivity contribution < 1.29 is 0 Å². The molecule has 72 valence electrons. The second-order valence-electron chi connectivity index (χ2n) is 4.04. The van der Waals surface area contributed by atoms with Gasteiger partial charge < -0.3 is 0 Å². The molecule has 1 aromatic rings. The first-order valence-corrected chi connectivity index (χ1v) is 4.81. The molecule has 1 aliphatic rings. The first kappa shape index (κ1) is 9.13. The molecule has 0 saturated heterocycles. The molecule has 2 nitrogen and oxygen atoms in total. The van der Waals surface area contributed by atoms with Gasteiger partial charge in [-0.3, -0.25) is 4.99 Å². The van der Waals surface area contributed by atoms with E-state index >= 15 is 0 Å². The molecule has 2 heteroatoms. The molecule has 0 spiro atoms. The van der Waals surface area contributed by atoms with E-state index in [0.717, 1.165) is 17.1 Å². The van der Waals surface area contributed by atoms with Gasteiger partial charge in [-0.05, 0) is 26.3 Å². The molecule has 0 amide bonds. The summed E-state index contributed by atoms with van der Waals surface area (Å²) in [7, 11) is 0. The van der Waals surface area contributed by atoms with Crippen molar-refractivity contribution in [3.8, 4) is 0 Å². The topological polar surface area (TPSA) is 24.7 Å². The van der Waals surface area contributed by atoms with Crippen molar-refractivity contribution in [1.29, 1.82) is 0 Å². The third-order valence-electron chi connectivity index (χ3n) is 2.34. The molecular weight excluding hydrogens is 172 g/mol. The number of hydrogen-bond acceptors (Lipinski definition) is 2. The van der Waals surface area contributed by atoms with Crippen LogP contribution in [0.3, 0.4) is 0 Å². The predicted molar refractivity (Wildman–Crippen MR) is 60.2 cm³/mol. The van der Waals surface area contributed by atoms with E-state index in [1.54, 1.807) is 0 Å². The second-order valence-corrected chi connectivity index (χ2v) is 4.04. The second kappa shape index (κ2) is 3.05. The number of nitrogens with zero attached hydrogens (tertiary/aromatic N) is 2. The molecule has 0 aromatic heterocycles. The van der Waals surface area contributed by atoms with E-state index in [-0.39, 0.29) is 5.54 Å². The number of benzene rings is 1. The maximum atomic E-state index is 4.49. The summed E-state index contributed by atoms with van der Waals surface area (Å²) >= 11 is 0. The summed E-state index contributed by atoms with van der Waals surface area (Å²) in [6.07, 6.45) is 0. The SMILES string of the molecule is CC1=NC(C)(C)C(c2ccccc2)=N1. The lowest BCUT2D eigenvalue weighted by Gasteiger charge is -2.17. The predicted octanol–water partition coefficient (Wildman–Crippen LogP) is 2.69. The van der Waals surface area contributed by atoms with E-state index in [9.17, 15) is 0 Å². The Morgan fingerprint density at radius 1 is 1.07 bits per heavy atom. The van der Waals surface area contributed by atoms with Gasteiger partial charge in [0, 0.05) is 0 Å². The molecule has 0 fully saturated rings. The van der Waals surface area contributed by atoms with Gasteiger partial charge in [-0.2, -0.15) is 0 Å². The van der Waals surface area contributed by atoms with Gasteiger partial charge in [0.15, 0.2) is 0 Å². The highest BCUT2D eigenvalue weighted by Crippen LogP contribution is 2.23. The Morgan fingerprint density at radius 3 is 2.21 bits per heavy atom. The van der Waals surface area contributed by atoms with Crippen LogP contribution in [-0.4, -0.2) is 17.1 Å². The van der Waals surface area contributed by atoms with Crippen molar-refractivity contribution in [2.75, 3.05) is 0 Å². The van der Waals surface area contributed by atoms with Crippen LogP contribution in [-0.2, 0) is 0 Å². The third kappa shape index (κ3) is 1.48. The highest BCUT2D eigenvalue weighted by atomic mass is 15.0. The van der Waals surface area contributed by atoms with Crippen molar-refractivity contribution in [1.82, 2.24) is 0 Å². The van der Waals surface area contributed by atoms with Gasteiger partial charge in [0.2, 0.25) is 0 Å². The quantitative estimate of drug-likeness (QED) is 0.644. The van der Waals surface area contributed by atoms with Crippen LogP contribution in [0.4, 0.5) is 0 Å². The van der Waals surface area contributed by atoms with E-state index in [1.807, 2.05) is 25.1 Å². The van der Waals surface area contributed by atoms with E-state index < -0.39 is 0 Å². The summed E-state index contributed by atoms with van der Waals surface area (Å²) in [5, 5.41) is 0. The first-order valence-electron chi connectivity index (χ1n) is 4.81. The lowest BCUT2D eigenvalue weighted by atomic mass is 9.94. The zero-order valence-corrected chi connectivity index (χ0v) is 8.78. The van der Waals surface area contributed by atoms with Crippen LogP contribution in [0.2, 0.25) is 0 Å². The van der Waals surface area contributed by atoms with Crippen molar-refractivity contribution in [2.24, 2.45) is 9.98 Å². The number of hydrogen-bond donors (Lipinski definition) is 0. The van der Waals surface area contributed by atoms with Gasteiger partial charge in [-0.1, -0.05) is 30.3 Å². The Kier molecular flexibility index (Phi) is 1.99. The van der Waals surface area contributed by atoms with Crippen LogP contribution < -0.4 is 0 Å². The highest BCUT2D eigenvalue weighted by molar-refractivity contribution is 6.16. The van der Waals surface area contributed by atoms with Gasteiger partial charge in [0.05, 0.1) is 11.3 Å². The Morgan fingerprint density at radius 2 is 1.71 bits per heavy atom. The minimum atomic E-state index is -0.175. The van der Waals surface area contributed by atoms with E-state index in [0.29, 0.717) is 0 Å². The van der Waals surface area contributed by atoms with Crippen LogP contribution in [0, 0.1) is 0 Å². The smallest absolute Gasteiger partial charge is 0.121 e. The minimum absolute atomic E-state index is 0.175. The normalized spacial score (nSPS) is 19.1. The number of aliphatic imine (C=N–C) groups is 2. The molecule has 0 unspecified atom stereocenters. The average Bonchev–Trinajstić information content (AvgIpc) is 2.41. The minimum Gasteiger partial charge on any atom is -0.258 e. The molecule has 1 heterocycles. The van der Waals surface area contributed by atoms with Gasteiger partial charge in [0.25, 0.3) is 0 Å². The summed E-state index contributed by atoms with van der Waals surface area (Å²) in [4.78, 5) is 8.97. The van der Waals surface area contributed by atoms with Crippen molar-refractivity contribution in [3.63, 3.8) is 0 Å². The molecule has 1 aliphatic heterocycles. The summed E-state index contributed by atoms with van der Waals surface area (Å²) < 4.78 is 0. The van der Waals surface area contributed by atoms with Gasteiger partial charge in [-0.15, -0.1) is 0 Å². The Hall–Kier alpha value is -1.44. The van der Waals surface area contributed by atoms with Crippen LogP contribution in [0.5, 0.6) is 0 Å². The molecule has 1 aromatic carbocycles. The van der Waals surface area contributed by atoms with Crippen LogP contribution in [0.1, 0.15) is 26.3 Å². The molecule has 0 bridgehead atoms. The summed E-state index contributed by atoms with van der Waals surface area (Å²) in [5.41, 5.74) is 2.06. The van der Waals surface area contributed by atoms with Crippen LogP contribution in [0.15, 0.2) is 40.3 Å². The maximum Gasteiger partial charge on any atom is 0.121 e. The lowest BCUT2D eigenvalue weighted by Crippen LogP contribution is -2.27. The molecule has 14 heavy (non-hydrogen) atoms. The number of amidine groups is 1. The van der Waals surface area contributed by atoms with E-state index in [4.69, 9.17) is 0 Å². The summed E-state index contributed by atoms with van der Waals surface area (Å²) in [5.74, 6) is 0.869. The zero-order valence-electron chi connectivity index (χ0n) is 8.78. The monoisotopic (exact) mass is 186 g/mol. The van der Waals surface area contributed by atoms with Crippen molar-refractivity contribution >= 4 is 11.5 Å². The molecule has 0 N–H and O–H groups in total. The van der Waals surface area contributed by atoms with Crippen molar-refractivity contribution in [2.45, 2.75) is 26.3 Å². The first-order chi connectivity index (χ1) is 6.59. The fourth-order valence-corrected chi connectivity index (χ4v) is 1.79. The molecule has 0 atom stereocenters. The standard InChI is InChI=1S/C12H14N2/c1-9-13-11(12(2,3)14-9)10-7-5-4-6-8-10/h4-8H,1-3H3. The van der Waals surface area contributed by atoms with Gasteiger partial charge in [0.1, 0.15) is 5.84 Å². The number of rotatable bonds is 1. The van der Waals surface area contributed by atoms with E-state index in [1.165, 1.54) is 0 Å². The van der Waals surface area contributed by atoms with Crippen LogP contribution >= 0.6 is 0 Å².